The van der Waals surface area contributed by atoms with Gasteiger partial charge in [-0.2, -0.15) is 5.10 Å². The molecule has 0 bridgehead atoms. The van der Waals surface area contributed by atoms with Gasteiger partial charge in [0.25, 0.3) is 5.91 Å². The van der Waals surface area contributed by atoms with Crippen molar-refractivity contribution in [1.29, 1.82) is 0 Å². The number of benzene rings is 2. The van der Waals surface area contributed by atoms with E-state index in [1.165, 1.54) is 31.2 Å². The SMILES string of the molecule is CCCCCOc1ccc(C2c3c(-c4ccc(C)cc4)n[nH]c3C(=O)N2C2CCCC2)cc1. The average molecular weight is 444 g/mol. The fourth-order valence-corrected chi connectivity index (χ4v) is 5.27. The number of hydrogen-bond donors (Lipinski definition) is 1. The van der Waals surface area contributed by atoms with Gasteiger partial charge >= 0.3 is 0 Å². The maximum atomic E-state index is 13.6. The summed E-state index contributed by atoms with van der Waals surface area (Å²) >= 11 is 0. The van der Waals surface area contributed by atoms with Crippen molar-refractivity contribution in [1.82, 2.24) is 15.1 Å². The van der Waals surface area contributed by atoms with Crippen molar-refractivity contribution in [3.05, 3.63) is 70.9 Å². The zero-order valence-corrected chi connectivity index (χ0v) is 19.6. The van der Waals surface area contributed by atoms with Gasteiger partial charge in [-0.15, -0.1) is 0 Å². The summed E-state index contributed by atoms with van der Waals surface area (Å²) in [7, 11) is 0. The second-order valence-corrected chi connectivity index (χ2v) is 9.40. The molecule has 0 radical (unpaired) electrons. The molecule has 1 fully saturated rings. The Hall–Kier alpha value is -3.08. The average Bonchev–Trinajstić information content (AvgIpc) is 3.56. The van der Waals surface area contributed by atoms with Gasteiger partial charge in [0.2, 0.25) is 0 Å². The van der Waals surface area contributed by atoms with E-state index in [-0.39, 0.29) is 18.0 Å². The number of unbranched alkanes of at least 4 members (excludes halogenated alkanes) is 2. The third-order valence-electron chi connectivity index (χ3n) is 7.06. The predicted molar refractivity (Wildman–Crippen MR) is 130 cm³/mol. The molecule has 5 rings (SSSR count). The molecular formula is C28H33N3O2. The zero-order valence-electron chi connectivity index (χ0n) is 19.6. The minimum atomic E-state index is -0.125. The maximum Gasteiger partial charge on any atom is 0.273 e. The van der Waals surface area contributed by atoms with Gasteiger partial charge in [0.15, 0.2) is 0 Å². The molecule has 0 spiro atoms. The van der Waals surface area contributed by atoms with Crippen LogP contribution in [0.3, 0.4) is 0 Å². The van der Waals surface area contributed by atoms with E-state index in [1.54, 1.807) is 0 Å². The van der Waals surface area contributed by atoms with Crippen LogP contribution in [-0.2, 0) is 0 Å². The smallest absolute Gasteiger partial charge is 0.273 e. The van der Waals surface area contributed by atoms with Gasteiger partial charge in [-0.05, 0) is 43.9 Å². The van der Waals surface area contributed by atoms with E-state index in [1.807, 2.05) is 12.1 Å². The molecule has 2 aliphatic rings. The first-order valence-electron chi connectivity index (χ1n) is 12.4. The summed E-state index contributed by atoms with van der Waals surface area (Å²) in [5.74, 6) is 0.963. The van der Waals surface area contributed by atoms with Crippen molar-refractivity contribution in [3.8, 4) is 17.0 Å². The third-order valence-corrected chi connectivity index (χ3v) is 7.06. The first-order valence-corrected chi connectivity index (χ1v) is 12.4. The highest BCUT2D eigenvalue weighted by atomic mass is 16.5. The van der Waals surface area contributed by atoms with E-state index >= 15 is 0 Å². The number of nitrogens with zero attached hydrogens (tertiary/aromatic N) is 2. The fourth-order valence-electron chi connectivity index (χ4n) is 5.27. The van der Waals surface area contributed by atoms with Crippen molar-refractivity contribution in [2.45, 2.75) is 70.9 Å². The summed E-state index contributed by atoms with van der Waals surface area (Å²) in [5.41, 5.74) is 5.89. The van der Waals surface area contributed by atoms with Gasteiger partial charge in [-0.25, -0.2) is 0 Å². The Morgan fingerprint density at radius 2 is 1.76 bits per heavy atom. The van der Waals surface area contributed by atoms with E-state index in [0.29, 0.717) is 5.69 Å². The lowest BCUT2D eigenvalue weighted by atomic mass is 9.95. The van der Waals surface area contributed by atoms with Crippen LogP contribution < -0.4 is 4.74 Å². The van der Waals surface area contributed by atoms with E-state index in [0.717, 1.165) is 54.0 Å². The molecule has 2 aromatic carbocycles. The lowest BCUT2D eigenvalue weighted by Crippen LogP contribution is -2.37. The first kappa shape index (κ1) is 21.7. The summed E-state index contributed by atoms with van der Waals surface area (Å²) in [6, 6.07) is 16.9. The van der Waals surface area contributed by atoms with Crippen LogP contribution in [0.25, 0.3) is 11.3 Å². The topological polar surface area (TPSA) is 58.2 Å². The molecule has 5 heteroatoms. The second kappa shape index (κ2) is 9.42. The van der Waals surface area contributed by atoms with Crippen LogP contribution in [0.2, 0.25) is 0 Å². The Bertz CT molecular complexity index is 1100. The fraction of sp³-hybridized carbons (Fsp3) is 0.429. The normalized spacial score (nSPS) is 18.2. The second-order valence-electron chi connectivity index (χ2n) is 9.40. The monoisotopic (exact) mass is 443 g/mol. The molecule has 172 valence electrons. The van der Waals surface area contributed by atoms with Crippen molar-refractivity contribution in [2.24, 2.45) is 0 Å². The standard InChI is InChI=1S/C28H33N3O2/c1-3-4-7-18-33-23-16-14-21(15-17-23)27-24-25(20-12-10-19(2)11-13-20)29-30-26(24)28(32)31(27)22-8-5-6-9-22/h10-17,22,27H,3-9,18H2,1-2H3,(H,29,30). The number of rotatable bonds is 8. The number of H-pyrrole nitrogens is 1. The number of fused-ring (bicyclic) bond motifs is 1. The van der Waals surface area contributed by atoms with Crippen molar-refractivity contribution in [2.75, 3.05) is 6.61 Å². The lowest BCUT2D eigenvalue weighted by molar-refractivity contribution is 0.0660. The Morgan fingerprint density at radius 1 is 1.03 bits per heavy atom. The van der Waals surface area contributed by atoms with E-state index in [9.17, 15) is 4.79 Å². The van der Waals surface area contributed by atoms with Crippen LogP contribution in [0.5, 0.6) is 5.75 Å². The number of aromatic nitrogens is 2. The van der Waals surface area contributed by atoms with Crippen LogP contribution in [0.4, 0.5) is 0 Å². The molecular weight excluding hydrogens is 410 g/mol. The molecule has 5 nitrogen and oxygen atoms in total. The quantitative estimate of drug-likeness (QED) is 0.408. The molecule has 1 aliphatic heterocycles. The molecule has 1 aliphatic carbocycles. The van der Waals surface area contributed by atoms with Crippen LogP contribution in [-0.4, -0.2) is 33.7 Å². The molecule has 1 N–H and O–H groups in total. The number of ether oxygens (including phenoxy) is 1. The highest BCUT2D eigenvalue weighted by Crippen LogP contribution is 2.46. The molecule has 1 unspecified atom stereocenters. The Kier molecular flexibility index (Phi) is 6.21. The summed E-state index contributed by atoms with van der Waals surface area (Å²) in [6.45, 7) is 5.02. The Balaban J connectivity index is 1.51. The Morgan fingerprint density at radius 3 is 2.45 bits per heavy atom. The van der Waals surface area contributed by atoms with Gasteiger partial charge in [0, 0.05) is 17.2 Å². The lowest BCUT2D eigenvalue weighted by Gasteiger charge is -2.32. The summed E-state index contributed by atoms with van der Waals surface area (Å²) in [6.07, 6.45) is 7.94. The molecule has 3 aromatic rings. The number of hydrogen-bond acceptors (Lipinski definition) is 3. The molecule has 1 atom stereocenters. The molecule has 1 amide bonds. The van der Waals surface area contributed by atoms with Gasteiger partial charge in [-0.3, -0.25) is 9.89 Å². The zero-order chi connectivity index (χ0) is 22.8. The first-order chi connectivity index (χ1) is 16.2. The largest absolute Gasteiger partial charge is 0.494 e. The van der Waals surface area contributed by atoms with E-state index < -0.39 is 0 Å². The minimum absolute atomic E-state index is 0.0765. The summed E-state index contributed by atoms with van der Waals surface area (Å²) < 4.78 is 5.93. The van der Waals surface area contributed by atoms with Crippen molar-refractivity contribution < 1.29 is 9.53 Å². The number of amides is 1. The molecule has 1 aromatic heterocycles. The highest BCUT2D eigenvalue weighted by Gasteiger charge is 2.45. The third kappa shape index (κ3) is 4.17. The number of aryl methyl sites for hydroxylation is 1. The molecule has 2 heterocycles. The van der Waals surface area contributed by atoms with Crippen molar-refractivity contribution >= 4 is 5.91 Å². The van der Waals surface area contributed by atoms with E-state index in [2.05, 4.69) is 65.3 Å². The van der Waals surface area contributed by atoms with Crippen LogP contribution in [0.15, 0.2) is 48.5 Å². The van der Waals surface area contributed by atoms with Gasteiger partial charge in [0.1, 0.15) is 11.4 Å². The number of nitrogens with one attached hydrogen (secondary N) is 1. The van der Waals surface area contributed by atoms with Gasteiger partial charge in [-0.1, -0.05) is 74.6 Å². The minimum Gasteiger partial charge on any atom is -0.494 e. The summed E-state index contributed by atoms with van der Waals surface area (Å²) in [5, 5.41) is 7.69. The van der Waals surface area contributed by atoms with Gasteiger partial charge in [0.05, 0.1) is 18.3 Å². The van der Waals surface area contributed by atoms with Crippen molar-refractivity contribution in [3.63, 3.8) is 0 Å². The van der Waals surface area contributed by atoms with E-state index in [4.69, 9.17) is 4.74 Å². The van der Waals surface area contributed by atoms with Crippen LogP contribution >= 0.6 is 0 Å². The summed E-state index contributed by atoms with van der Waals surface area (Å²) in [4.78, 5) is 15.7. The Labute approximate surface area is 196 Å². The number of aromatic amines is 1. The van der Waals surface area contributed by atoms with Crippen LogP contribution in [0, 0.1) is 6.92 Å². The predicted octanol–water partition coefficient (Wildman–Crippen LogP) is 6.44. The molecule has 0 saturated heterocycles. The highest BCUT2D eigenvalue weighted by molar-refractivity contribution is 6.00. The molecule has 1 saturated carbocycles. The van der Waals surface area contributed by atoms with Gasteiger partial charge < -0.3 is 9.64 Å². The number of carbonyl (C=O) groups is 1. The molecule has 33 heavy (non-hydrogen) atoms. The maximum absolute atomic E-state index is 13.6. The van der Waals surface area contributed by atoms with Crippen LogP contribution in [0.1, 0.15) is 85.1 Å². The number of carbonyl (C=O) groups excluding carboxylic acids is 1.